The van der Waals surface area contributed by atoms with Gasteiger partial charge < -0.3 is 10.1 Å². The summed E-state index contributed by atoms with van der Waals surface area (Å²) in [5.41, 5.74) is 0. The molecule has 3 nitrogen and oxygen atoms in total. The van der Waals surface area contributed by atoms with E-state index in [1.165, 1.54) is 32.1 Å². The molecule has 1 heterocycles. The number of hydrogen-bond donors (Lipinski definition) is 1. The average Bonchev–Trinajstić information content (AvgIpc) is 2.47. The van der Waals surface area contributed by atoms with Crippen molar-refractivity contribution in [3.8, 4) is 0 Å². The van der Waals surface area contributed by atoms with E-state index < -0.39 is 0 Å². The highest BCUT2D eigenvalue weighted by Crippen LogP contribution is 2.31. The van der Waals surface area contributed by atoms with E-state index in [0.717, 1.165) is 0 Å². The Balaban J connectivity index is 1.95. The van der Waals surface area contributed by atoms with Gasteiger partial charge in [-0.1, -0.05) is 19.3 Å². The number of carbonyl (C=O) groups excluding carboxylic acids is 1. The number of ether oxygens (including phenoxy) is 1. The Morgan fingerprint density at radius 3 is 2.54 bits per heavy atom. The Kier molecular flexibility index (Phi) is 2.42. The van der Waals surface area contributed by atoms with Crippen LogP contribution < -0.4 is 5.32 Å². The third kappa shape index (κ3) is 1.79. The molecule has 0 aromatic heterocycles. The molecule has 0 aromatic carbocycles. The molecule has 2 aliphatic rings. The van der Waals surface area contributed by atoms with E-state index in [-0.39, 0.29) is 18.2 Å². The summed E-state index contributed by atoms with van der Waals surface area (Å²) in [5, 5.41) is 2.80. The summed E-state index contributed by atoms with van der Waals surface area (Å²) in [6, 6.07) is 0.204. The molecule has 13 heavy (non-hydrogen) atoms. The minimum absolute atomic E-state index is 0.132. The molecule has 2 unspecified atom stereocenters. The van der Waals surface area contributed by atoms with Gasteiger partial charge in [0.15, 0.2) is 0 Å². The van der Waals surface area contributed by atoms with E-state index in [0.29, 0.717) is 5.92 Å². The first-order valence-electron chi connectivity index (χ1n) is 5.24. The van der Waals surface area contributed by atoms with E-state index in [9.17, 15) is 4.79 Å². The van der Waals surface area contributed by atoms with E-state index in [2.05, 4.69) is 5.32 Å². The van der Waals surface area contributed by atoms with Crippen LogP contribution in [-0.4, -0.2) is 18.2 Å². The van der Waals surface area contributed by atoms with Crippen molar-refractivity contribution in [3.63, 3.8) is 0 Å². The van der Waals surface area contributed by atoms with Crippen LogP contribution in [0.1, 0.15) is 39.0 Å². The average molecular weight is 183 g/mol. The summed E-state index contributed by atoms with van der Waals surface area (Å²) < 4.78 is 5.26. The lowest BCUT2D eigenvalue weighted by atomic mass is 9.83. The second-order valence-electron chi connectivity index (χ2n) is 4.20. The van der Waals surface area contributed by atoms with Gasteiger partial charge >= 0.3 is 6.09 Å². The number of amides is 1. The molecular formula is C10H17NO2. The molecule has 2 atom stereocenters. The molecule has 1 saturated carbocycles. The summed E-state index contributed by atoms with van der Waals surface area (Å²) in [6.45, 7) is 2.03. The number of alkyl carbamates (subject to hydrolysis) is 1. The van der Waals surface area contributed by atoms with Crippen molar-refractivity contribution in [1.29, 1.82) is 0 Å². The number of cyclic esters (lactones) is 1. The topological polar surface area (TPSA) is 38.3 Å². The summed E-state index contributed by atoms with van der Waals surface area (Å²) in [5.74, 6) is 0.600. The number of rotatable bonds is 1. The van der Waals surface area contributed by atoms with Gasteiger partial charge in [0.05, 0.1) is 6.04 Å². The predicted octanol–water partition coefficient (Wildman–Crippen LogP) is 2.06. The lowest BCUT2D eigenvalue weighted by molar-refractivity contribution is 0.0766. The Labute approximate surface area is 78.8 Å². The highest BCUT2D eigenvalue weighted by Gasteiger charge is 2.36. The van der Waals surface area contributed by atoms with Crippen molar-refractivity contribution in [1.82, 2.24) is 5.32 Å². The second kappa shape index (κ2) is 3.56. The van der Waals surface area contributed by atoms with Gasteiger partial charge in [-0.2, -0.15) is 0 Å². The number of nitrogens with one attached hydrogen (secondary N) is 1. The van der Waals surface area contributed by atoms with Crippen molar-refractivity contribution in [2.24, 2.45) is 5.92 Å². The van der Waals surface area contributed by atoms with Gasteiger partial charge in [-0.15, -0.1) is 0 Å². The third-order valence-electron chi connectivity index (χ3n) is 3.20. The monoisotopic (exact) mass is 183 g/mol. The first kappa shape index (κ1) is 8.85. The molecule has 1 amide bonds. The lowest BCUT2D eigenvalue weighted by Gasteiger charge is -2.27. The van der Waals surface area contributed by atoms with Gasteiger partial charge in [0, 0.05) is 0 Å². The fraction of sp³-hybridized carbons (Fsp3) is 0.900. The summed E-state index contributed by atoms with van der Waals surface area (Å²) >= 11 is 0. The quantitative estimate of drug-likeness (QED) is 0.675. The van der Waals surface area contributed by atoms with Crippen LogP contribution in [0.25, 0.3) is 0 Å². The van der Waals surface area contributed by atoms with Crippen LogP contribution in [0.5, 0.6) is 0 Å². The third-order valence-corrected chi connectivity index (χ3v) is 3.20. The molecule has 1 aliphatic heterocycles. The van der Waals surface area contributed by atoms with E-state index >= 15 is 0 Å². The summed E-state index contributed by atoms with van der Waals surface area (Å²) in [6.07, 6.45) is 6.29. The zero-order valence-corrected chi connectivity index (χ0v) is 8.08. The molecule has 1 saturated heterocycles. The first-order chi connectivity index (χ1) is 6.27. The van der Waals surface area contributed by atoms with Crippen molar-refractivity contribution in [2.45, 2.75) is 51.2 Å². The molecule has 74 valence electrons. The molecule has 1 aliphatic carbocycles. The molecule has 2 fully saturated rings. The minimum Gasteiger partial charge on any atom is -0.444 e. The SMILES string of the molecule is CC1NC(=O)OC1C1CCCCC1. The smallest absolute Gasteiger partial charge is 0.407 e. The number of hydrogen-bond acceptors (Lipinski definition) is 2. The largest absolute Gasteiger partial charge is 0.444 e. The standard InChI is InChI=1S/C10H17NO2/c1-7-9(13-10(12)11-7)8-5-3-2-4-6-8/h7-9H,2-6H2,1H3,(H,11,12). The van der Waals surface area contributed by atoms with Crippen molar-refractivity contribution < 1.29 is 9.53 Å². The van der Waals surface area contributed by atoms with Crippen LogP contribution in [0.4, 0.5) is 4.79 Å². The second-order valence-corrected chi connectivity index (χ2v) is 4.20. The molecule has 0 spiro atoms. The highest BCUT2D eigenvalue weighted by molar-refractivity contribution is 5.70. The molecule has 0 aromatic rings. The molecule has 0 radical (unpaired) electrons. The van der Waals surface area contributed by atoms with E-state index in [1.807, 2.05) is 6.92 Å². The normalized spacial score (nSPS) is 35.6. The van der Waals surface area contributed by atoms with Gasteiger partial charge in [0.1, 0.15) is 6.10 Å². The number of carbonyl (C=O) groups is 1. The van der Waals surface area contributed by atoms with Crippen LogP contribution in [0.3, 0.4) is 0 Å². The molecule has 2 rings (SSSR count). The lowest BCUT2D eigenvalue weighted by Crippen LogP contribution is -2.34. The van der Waals surface area contributed by atoms with Crippen LogP contribution in [0.2, 0.25) is 0 Å². The Morgan fingerprint density at radius 2 is 2.00 bits per heavy atom. The van der Waals surface area contributed by atoms with Crippen LogP contribution in [0, 0.1) is 5.92 Å². The Hall–Kier alpha value is -0.730. The highest BCUT2D eigenvalue weighted by atomic mass is 16.6. The van der Waals surface area contributed by atoms with Gasteiger partial charge in [-0.3, -0.25) is 0 Å². The van der Waals surface area contributed by atoms with Crippen LogP contribution >= 0.6 is 0 Å². The maximum absolute atomic E-state index is 11.0. The molecule has 0 bridgehead atoms. The van der Waals surface area contributed by atoms with Gasteiger partial charge in [0.25, 0.3) is 0 Å². The molecule has 3 heteroatoms. The summed E-state index contributed by atoms with van der Waals surface area (Å²) in [4.78, 5) is 11.0. The fourth-order valence-corrected chi connectivity index (χ4v) is 2.49. The van der Waals surface area contributed by atoms with Gasteiger partial charge in [-0.25, -0.2) is 4.79 Å². The van der Waals surface area contributed by atoms with Crippen LogP contribution in [0.15, 0.2) is 0 Å². The maximum Gasteiger partial charge on any atom is 0.407 e. The molecular weight excluding hydrogens is 166 g/mol. The fourth-order valence-electron chi connectivity index (χ4n) is 2.49. The predicted molar refractivity (Wildman–Crippen MR) is 49.4 cm³/mol. The van der Waals surface area contributed by atoms with Gasteiger partial charge in [0.2, 0.25) is 0 Å². The van der Waals surface area contributed by atoms with Crippen molar-refractivity contribution in [2.75, 3.05) is 0 Å². The Bertz CT molecular complexity index is 199. The summed E-state index contributed by atoms with van der Waals surface area (Å²) in [7, 11) is 0. The van der Waals surface area contributed by atoms with Crippen molar-refractivity contribution in [3.05, 3.63) is 0 Å². The minimum atomic E-state index is -0.233. The van der Waals surface area contributed by atoms with E-state index in [4.69, 9.17) is 4.74 Å². The zero-order chi connectivity index (χ0) is 9.26. The molecule has 1 N–H and O–H groups in total. The van der Waals surface area contributed by atoms with Crippen molar-refractivity contribution >= 4 is 6.09 Å². The van der Waals surface area contributed by atoms with E-state index in [1.54, 1.807) is 0 Å². The maximum atomic E-state index is 11.0. The zero-order valence-electron chi connectivity index (χ0n) is 8.08. The first-order valence-corrected chi connectivity index (χ1v) is 5.24. The van der Waals surface area contributed by atoms with Crippen LogP contribution in [-0.2, 0) is 4.74 Å². The Morgan fingerprint density at radius 1 is 1.31 bits per heavy atom. The van der Waals surface area contributed by atoms with Gasteiger partial charge in [-0.05, 0) is 25.7 Å².